The van der Waals surface area contributed by atoms with Crippen LogP contribution in [0.4, 0.5) is 0 Å². The van der Waals surface area contributed by atoms with Crippen molar-refractivity contribution in [2.75, 3.05) is 20.3 Å². The van der Waals surface area contributed by atoms with E-state index in [1.807, 2.05) is 6.08 Å². The molecule has 6 nitrogen and oxygen atoms in total. The van der Waals surface area contributed by atoms with E-state index in [0.717, 1.165) is 90.3 Å². The SMILES string of the molecule is CCCCC[C@@H](/C=C/[C@@H]1[C@@H](CCCC/C=C/C(=O)OC)[C@H](Cl)C[C@H]1OC1CCCCO1)OC1CCCCO1. The number of unbranched alkanes of at least 4 members (excludes halogenated alkanes) is 4. The number of alkyl halides is 1. The summed E-state index contributed by atoms with van der Waals surface area (Å²) in [5.41, 5.74) is 0. The summed E-state index contributed by atoms with van der Waals surface area (Å²) in [7, 11) is 1.40. The van der Waals surface area contributed by atoms with Crippen molar-refractivity contribution >= 4 is 17.6 Å². The van der Waals surface area contributed by atoms with Crippen LogP contribution in [0.1, 0.15) is 103 Å². The maximum atomic E-state index is 11.3. The largest absolute Gasteiger partial charge is 0.466 e. The zero-order valence-electron chi connectivity index (χ0n) is 23.7. The van der Waals surface area contributed by atoms with Gasteiger partial charge in [-0.25, -0.2) is 4.79 Å². The van der Waals surface area contributed by atoms with E-state index in [-0.39, 0.29) is 42.1 Å². The van der Waals surface area contributed by atoms with Crippen LogP contribution in [-0.2, 0) is 28.5 Å². The third kappa shape index (κ3) is 11.3. The van der Waals surface area contributed by atoms with Crippen molar-refractivity contribution in [1.82, 2.24) is 0 Å². The minimum atomic E-state index is -0.300. The van der Waals surface area contributed by atoms with E-state index < -0.39 is 0 Å². The van der Waals surface area contributed by atoms with Crippen LogP contribution in [-0.4, -0.2) is 56.5 Å². The lowest BCUT2D eigenvalue weighted by atomic mass is 9.88. The fraction of sp³-hybridized carbons (Fsp3) is 0.839. The maximum Gasteiger partial charge on any atom is 0.330 e. The standard InChI is InChI=1S/C31H51ClO6/c1-3-4-7-14-24(37-30-17-10-12-21-35-30)19-20-26-25(15-8-5-6-9-16-29(33)34-2)27(32)23-28(26)38-31-18-11-13-22-36-31/h9,16,19-20,24-28,30-31H,3-8,10-15,17-18,21-23H2,1-2H3/b16-9+,20-19+/t24-,25+,26+,27+,28+,30?,31?/m0/s1. The lowest BCUT2D eigenvalue weighted by molar-refractivity contribution is -0.192. The molecule has 0 spiro atoms. The summed E-state index contributed by atoms with van der Waals surface area (Å²) < 4.78 is 29.5. The topological polar surface area (TPSA) is 63.2 Å². The van der Waals surface area contributed by atoms with Crippen LogP contribution in [0.2, 0.25) is 0 Å². The summed E-state index contributed by atoms with van der Waals surface area (Å²) in [6.07, 6.45) is 23.8. The van der Waals surface area contributed by atoms with Gasteiger partial charge in [0.15, 0.2) is 12.6 Å². The molecule has 3 rings (SSSR count). The van der Waals surface area contributed by atoms with Crippen LogP contribution in [0.15, 0.2) is 24.3 Å². The summed E-state index contributed by atoms with van der Waals surface area (Å²) in [6, 6.07) is 0. The summed E-state index contributed by atoms with van der Waals surface area (Å²) in [6.45, 7) is 3.81. The molecule has 0 aromatic heterocycles. The Labute approximate surface area is 235 Å². The van der Waals surface area contributed by atoms with Crippen LogP contribution in [0.5, 0.6) is 0 Å². The molecule has 0 aromatic rings. The van der Waals surface area contributed by atoms with Gasteiger partial charge in [-0.15, -0.1) is 11.6 Å². The van der Waals surface area contributed by atoms with Gasteiger partial charge in [0, 0.05) is 30.6 Å². The number of halogens is 1. The molecule has 0 bridgehead atoms. The number of allylic oxidation sites excluding steroid dienone is 1. The average molecular weight is 555 g/mol. The van der Waals surface area contributed by atoms with Gasteiger partial charge in [-0.1, -0.05) is 50.8 Å². The van der Waals surface area contributed by atoms with Crippen molar-refractivity contribution in [3.8, 4) is 0 Å². The van der Waals surface area contributed by atoms with E-state index in [0.29, 0.717) is 5.92 Å². The second-order valence-corrected chi connectivity index (χ2v) is 11.6. The van der Waals surface area contributed by atoms with Gasteiger partial charge in [-0.2, -0.15) is 0 Å². The fourth-order valence-electron chi connectivity index (χ4n) is 5.83. The van der Waals surface area contributed by atoms with Gasteiger partial charge in [0.1, 0.15) is 0 Å². The first-order chi connectivity index (χ1) is 18.6. The van der Waals surface area contributed by atoms with Crippen LogP contribution in [0, 0.1) is 11.8 Å². The number of carbonyl (C=O) groups excluding carboxylic acids is 1. The van der Waals surface area contributed by atoms with Crippen molar-refractivity contribution in [1.29, 1.82) is 0 Å². The van der Waals surface area contributed by atoms with Crippen molar-refractivity contribution in [3.05, 3.63) is 24.3 Å². The second-order valence-electron chi connectivity index (χ2n) is 11.0. The molecule has 0 amide bonds. The molecule has 0 radical (unpaired) electrons. The molecular weight excluding hydrogens is 504 g/mol. The molecule has 2 aliphatic heterocycles. The molecule has 0 N–H and O–H groups in total. The highest BCUT2D eigenvalue weighted by Gasteiger charge is 2.42. The zero-order valence-corrected chi connectivity index (χ0v) is 24.5. The normalized spacial score (nSPS) is 31.2. The van der Waals surface area contributed by atoms with Crippen LogP contribution in [0.3, 0.4) is 0 Å². The van der Waals surface area contributed by atoms with Gasteiger partial charge in [0.05, 0.1) is 19.3 Å². The molecule has 7 atom stereocenters. The molecule has 7 heteroatoms. The van der Waals surface area contributed by atoms with E-state index >= 15 is 0 Å². The first-order valence-corrected chi connectivity index (χ1v) is 15.6. The fourth-order valence-corrected chi connectivity index (χ4v) is 6.30. The molecule has 2 saturated heterocycles. The molecule has 1 saturated carbocycles. The summed E-state index contributed by atoms with van der Waals surface area (Å²) >= 11 is 6.98. The van der Waals surface area contributed by atoms with Gasteiger partial charge in [0.2, 0.25) is 0 Å². The molecule has 0 aromatic carbocycles. The van der Waals surface area contributed by atoms with Crippen LogP contribution in [0.25, 0.3) is 0 Å². The summed E-state index contributed by atoms with van der Waals surface area (Å²) in [5, 5.41) is 0.0741. The van der Waals surface area contributed by atoms with Gasteiger partial charge >= 0.3 is 5.97 Å². The Kier molecular flexibility index (Phi) is 15.3. The monoisotopic (exact) mass is 554 g/mol. The summed E-state index contributed by atoms with van der Waals surface area (Å²) in [5.74, 6) is 0.276. The van der Waals surface area contributed by atoms with E-state index in [2.05, 4.69) is 23.8 Å². The van der Waals surface area contributed by atoms with Gasteiger partial charge in [-0.3, -0.25) is 0 Å². The van der Waals surface area contributed by atoms with Gasteiger partial charge < -0.3 is 23.7 Å². The van der Waals surface area contributed by atoms with Crippen molar-refractivity contribution in [3.63, 3.8) is 0 Å². The summed E-state index contributed by atoms with van der Waals surface area (Å²) in [4.78, 5) is 11.3. The predicted molar refractivity (Wildman–Crippen MR) is 151 cm³/mol. The van der Waals surface area contributed by atoms with E-state index in [9.17, 15) is 4.79 Å². The average Bonchev–Trinajstić information content (AvgIpc) is 3.23. The Morgan fingerprint density at radius 3 is 2.47 bits per heavy atom. The van der Waals surface area contributed by atoms with E-state index in [1.54, 1.807) is 0 Å². The molecule has 2 heterocycles. The zero-order chi connectivity index (χ0) is 27.0. The molecule has 3 aliphatic rings. The highest BCUT2D eigenvalue weighted by atomic mass is 35.5. The molecule has 3 fully saturated rings. The van der Waals surface area contributed by atoms with Crippen LogP contribution < -0.4 is 0 Å². The lowest BCUT2D eigenvalue weighted by Crippen LogP contribution is -2.31. The smallest absolute Gasteiger partial charge is 0.330 e. The quantitative estimate of drug-likeness (QED) is 0.0647. The Hall–Kier alpha value is -0.920. The number of ether oxygens (including phenoxy) is 5. The first kappa shape index (κ1) is 31.6. The van der Waals surface area contributed by atoms with Crippen molar-refractivity contribution < 1.29 is 28.5 Å². The Morgan fingerprint density at radius 2 is 1.79 bits per heavy atom. The third-order valence-corrected chi connectivity index (χ3v) is 8.53. The van der Waals surface area contributed by atoms with Crippen molar-refractivity contribution in [2.24, 2.45) is 11.8 Å². The number of methoxy groups -OCH3 is 1. The third-order valence-electron chi connectivity index (χ3n) is 8.03. The predicted octanol–water partition coefficient (Wildman–Crippen LogP) is 7.48. The number of esters is 1. The number of hydrogen-bond donors (Lipinski definition) is 0. The molecular formula is C31H51ClO6. The van der Waals surface area contributed by atoms with Crippen LogP contribution >= 0.6 is 11.6 Å². The van der Waals surface area contributed by atoms with Crippen molar-refractivity contribution in [2.45, 2.75) is 133 Å². The highest BCUT2D eigenvalue weighted by Crippen LogP contribution is 2.43. The number of rotatable bonds is 16. The molecule has 2 unspecified atom stereocenters. The first-order valence-electron chi connectivity index (χ1n) is 15.2. The van der Waals surface area contributed by atoms with E-state index in [4.69, 9.17) is 30.5 Å². The number of carbonyl (C=O) groups is 1. The molecule has 218 valence electrons. The highest BCUT2D eigenvalue weighted by molar-refractivity contribution is 6.21. The molecule has 1 aliphatic carbocycles. The maximum absolute atomic E-state index is 11.3. The minimum Gasteiger partial charge on any atom is -0.466 e. The minimum absolute atomic E-state index is 0.0507. The second kappa shape index (κ2) is 18.4. The van der Waals surface area contributed by atoms with Gasteiger partial charge in [0.25, 0.3) is 0 Å². The van der Waals surface area contributed by atoms with E-state index in [1.165, 1.54) is 32.4 Å². The Bertz CT molecular complexity index is 700. The van der Waals surface area contributed by atoms with Gasteiger partial charge in [-0.05, 0) is 76.5 Å². The number of hydrogen-bond acceptors (Lipinski definition) is 6. The molecule has 38 heavy (non-hydrogen) atoms. The Balaban J connectivity index is 1.64. The lowest BCUT2D eigenvalue weighted by Gasteiger charge is -2.30. The Morgan fingerprint density at radius 1 is 1.03 bits per heavy atom.